The van der Waals surface area contributed by atoms with E-state index < -0.39 is 17.9 Å². The average molecular weight is 563 g/mol. The maximum atomic E-state index is 14.0. The third-order valence-electron chi connectivity index (χ3n) is 6.73. The molecule has 5 rings (SSSR count). The maximum Gasteiger partial charge on any atom is 0.350 e. The predicted octanol–water partition coefficient (Wildman–Crippen LogP) is 5.98. The first-order valence-electron chi connectivity index (χ1n) is 13.1. The Kier molecular flexibility index (Phi) is 7.62. The minimum Gasteiger partial charge on any atom is -0.490 e. The number of hydrogen-bond acceptors (Lipinski definition) is 9. The van der Waals surface area contributed by atoms with Crippen LogP contribution in [-0.4, -0.2) is 37.2 Å². The van der Waals surface area contributed by atoms with Gasteiger partial charge in [0, 0.05) is 0 Å². The fraction of sp³-hybridized carbons (Fsp3) is 0.333. The fourth-order valence-corrected chi connectivity index (χ4v) is 5.79. The molecular weight excluding hydrogens is 532 g/mol. The highest BCUT2D eigenvalue weighted by molar-refractivity contribution is 7.17. The highest BCUT2D eigenvalue weighted by Crippen LogP contribution is 2.45. The van der Waals surface area contributed by atoms with Crippen molar-refractivity contribution in [3.63, 3.8) is 0 Å². The van der Waals surface area contributed by atoms with Gasteiger partial charge in [0.25, 0.3) is 5.91 Å². The number of thiazole rings is 1. The molecule has 0 bridgehead atoms. The molecular formula is C30H30N2O7S. The van der Waals surface area contributed by atoms with Crippen LogP contribution in [0.1, 0.15) is 75.3 Å². The SMILES string of the molecule is CCCCOc1ccc(C2c3c(oc4ccc(C)cc4c3=O)C(=O)N2c2nc(C)c(C(=O)OC)s2)cc1OCC. The summed E-state index contributed by atoms with van der Waals surface area (Å²) in [5.74, 6) is -0.0476. The zero-order valence-electron chi connectivity index (χ0n) is 23.0. The van der Waals surface area contributed by atoms with E-state index in [9.17, 15) is 14.4 Å². The van der Waals surface area contributed by atoms with Gasteiger partial charge in [-0.15, -0.1) is 0 Å². The van der Waals surface area contributed by atoms with Crippen molar-refractivity contribution in [3.8, 4) is 11.5 Å². The standard InChI is InChI=1S/C30H30N2O7S/c1-6-8-13-38-21-12-10-18(15-22(21)37-7-2)24-23-25(33)19-14-16(3)9-11-20(19)39-26(23)28(34)32(24)30-31-17(4)27(40-30)29(35)36-5/h9-12,14-15,24H,6-8,13H2,1-5H3. The van der Waals surface area contributed by atoms with Crippen molar-refractivity contribution in [2.24, 2.45) is 0 Å². The summed E-state index contributed by atoms with van der Waals surface area (Å²) >= 11 is 1.03. The van der Waals surface area contributed by atoms with Gasteiger partial charge < -0.3 is 18.6 Å². The van der Waals surface area contributed by atoms with E-state index in [0.717, 1.165) is 29.7 Å². The Morgan fingerprint density at radius 1 is 1.07 bits per heavy atom. The molecule has 0 N–H and O–H groups in total. The Morgan fingerprint density at radius 3 is 2.60 bits per heavy atom. The molecule has 0 saturated heterocycles. The number of aryl methyl sites for hydroxylation is 2. The molecule has 2 aromatic heterocycles. The van der Waals surface area contributed by atoms with Gasteiger partial charge in [0.05, 0.1) is 43.0 Å². The molecule has 1 atom stereocenters. The minimum absolute atomic E-state index is 0.0555. The van der Waals surface area contributed by atoms with Crippen LogP contribution in [0.15, 0.2) is 45.6 Å². The highest BCUT2D eigenvalue weighted by atomic mass is 32.1. The van der Waals surface area contributed by atoms with Gasteiger partial charge in [0.2, 0.25) is 5.76 Å². The summed E-state index contributed by atoms with van der Waals surface area (Å²) in [6, 6.07) is 9.78. The summed E-state index contributed by atoms with van der Waals surface area (Å²) < 4.78 is 22.8. The fourth-order valence-electron chi connectivity index (χ4n) is 4.78. The molecule has 0 aliphatic carbocycles. The summed E-state index contributed by atoms with van der Waals surface area (Å²) in [7, 11) is 1.29. The van der Waals surface area contributed by atoms with Crippen molar-refractivity contribution in [1.29, 1.82) is 0 Å². The van der Waals surface area contributed by atoms with Crippen LogP contribution in [0.4, 0.5) is 5.13 Å². The molecule has 0 spiro atoms. The Labute approximate surface area is 235 Å². The quantitative estimate of drug-likeness (QED) is 0.181. The third kappa shape index (κ3) is 4.72. The molecule has 10 heteroatoms. The number of rotatable bonds is 9. The van der Waals surface area contributed by atoms with Gasteiger partial charge in [-0.05, 0) is 57.0 Å². The molecule has 1 unspecified atom stereocenters. The second-order valence-electron chi connectivity index (χ2n) is 9.50. The van der Waals surface area contributed by atoms with Crippen molar-refractivity contribution in [2.75, 3.05) is 25.2 Å². The first-order valence-corrected chi connectivity index (χ1v) is 14.0. The Balaban J connectivity index is 1.73. The van der Waals surface area contributed by atoms with E-state index in [-0.39, 0.29) is 26.8 Å². The monoisotopic (exact) mass is 562 g/mol. The van der Waals surface area contributed by atoms with E-state index in [1.807, 2.05) is 26.0 Å². The van der Waals surface area contributed by atoms with E-state index in [4.69, 9.17) is 18.6 Å². The number of ether oxygens (including phenoxy) is 3. The van der Waals surface area contributed by atoms with Crippen LogP contribution < -0.4 is 19.8 Å². The molecule has 0 fully saturated rings. The lowest BCUT2D eigenvalue weighted by Crippen LogP contribution is -2.29. The number of hydrogen-bond donors (Lipinski definition) is 0. The number of amides is 1. The second kappa shape index (κ2) is 11.1. The van der Waals surface area contributed by atoms with E-state index in [1.54, 1.807) is 31.2 Å². The molecule has 1 aliphatic heterocycles. The van der Waals surface area contributed by atoms with E-state index in [0.29, 0.717) is 46.9 Å². The Morgan fingerprint density at radius 2 is 1.88 bits per heavy atom. The molecule has 0 saturated carbocycles. The van der Waals surface area contributed by atoms with Crippen molar-refractivity contribution < 1.29 is 28.2 Å². The predicted molar refractivity (Wildman–Crippen MR) is 152 cm³/mol. The van der Waals surface area contributed by atoms with E-state index >= 15 is 0 Å². The first kappa shape index (κ1) is 27.4. The molecule has 9 nitrogen and oxygen atoms in total. The molecule has 3 heterocycles. The third-order valence-corrected chi connectivity index (χ3v) is 7.86. The number of anilines is 1. The van der Waals surface area contributed by atoms with Gasteiger partial charge in [-0.1, -0.05) is 42.4 Å². The summed E-state index contributed by atoms with van der Waals surface area (Å²) in [5, 5.41) is 0.633. The van der Waals surface area contributed by atoms with Gasteiger partial charge in [-0.3, -0.25) is 14.5 Å². The van der Waals surface area contributed by atoms with Gasteiger partial charge in [0.1, 0.15) is 10.5 Å². The minimum atomic E-state index is -0.872. The van der Waals surface area contributed by atoms with Crippen molar-refractivity contribution >= 4 is 39.3 Å². The van der Waals surface area contributed by atoms with Crippen LogP contribution in [0.5, 0.6) is 11.5 Å². The number of aromatic nitrogens is 1. The maximum absolute atomic E-state index is 14.0. The topological polar surface area (TPSA) is 108 Å². The number of esters is 1. The van der Waals surface area contributed by atoms with Crippen LogP contribution >= 0.6 is 11.3 Å². The smallest absolute Gasteiger partial charge is 0.350 e. The number of carbonyl (C=O) groups is 2. The number of unbranched alkanes of at least 4 members (excludes halogenated alkanes) is 1. The van der Waals surface area contributed by atoms with Crippen LogP contribution in [0.25, 0.3) is 11.0 Å². The second-order valence-corrected chi connectivity index (χ2v) is 10.5. The Bertz CT molecular complexity index is 1670. The summed E-state index contributed by atoms with van der Waals surface area (Å²) in [5.41, 5.74) is 2.15. The molecule has 40 heavy (non-hydrogen) atoms. The highest BCUT2D eigenvalue weighted by Gasteiger charge is 2.45. The summed E-state index contributed by atoms with van der Waals surface area (Å²) in [4.78, 5) is 46.5. The molecule has 0 radical (unpaired) electrons. The van der Waals surface area contributed by atoms with Gasteiger partial charge in [-0.2, -0.15) is 0 Å². The van der Waals surface area contributed by atoms with Crippen molar-refractivity contribution in [1.82, 2.24) is 4.98 Å². The average Bonchev–Trinajstić information content (AvgIpc) is 3.46. The number of nitrogens with zero attached hydrogens (tertiary/aromatic N) is 2. The van der Waals surface area contributed by atoms with Crippen LogP contribution in [0.2, 0.25) is 0 Å². The number of fused-ring (bicyclic) bond motifs is 2. The zero-order chi connectivity index (χ0) is 28.6. The molecule has 4 aromatic rings. The number of methoxy groups -OCH3 is 1. The number of benzene rings is 2. The molecule has 1 amide bonds. The van der Waals surface area contributed by atoms with Gasteiger partial charge >= 0.3 is 5.97 Å². The summed E-state index contributed by atoms with van der Waals surface area (Å²) in [6.45, 7) is 8.46. The largest absolute Gasteiger partial charge is 0.490 e. The lowest BCUT2D eigenvalue weighted by molar-refractivity contribution is 0.0605. The van der Waals surface area contributed by atoms with Crippen molar-refractivity contribution in [3.05, 3.63) is 79.6 Å². The van der Waals surface area contributed by atoms with E-state index in [2.05, 4.69) is 11.9 Å². The van der Waals surface area contributed by atoms with E-state index in [1.165, 1.54) is 12.0 Å². The number of carbonyl (C=O) groups excluding carboxylic acids is 2. The van der Waals surface area contributed by atoms with Gasteiger partial charge in [0.15, 0.2) is 22.1 Å². The normalized spacial score (nSPS) is 14.5. The lowest BCUT2D eigenvalue weighted by Gasteiger charge is -2.23. The van der Waals surface area contributed by atoms with Gasteiger partial charge in [-0.25, -0.2) is 9.78 Å². The van der Waals surface area contributed by atoms with Crippen LogP contribution in [0, 0.1) is 13.8 Å². The van der Waals surface area contributed by atoms with Crippen LogP contribution in [-0.2, 0) is 4.74 Å². The zero-order valence-corrected chi connectivity index (χ0v) is 23.8. The van der Waals surface area contributed by atoms with Crippen LogP contribution in [0.3, 0.4) is 0 Å². The Hall–Kier alpha value is -4.18. The molecule has 208 valence electrons. The lowest BCUT2D eigenvalue weighted by atomic mass is 9.98. The summed E-state index contributed by atoms with van der Waals surface area (Å²) in [6.07, 6.45) is 1.88. The van der Waals surface area contributed by atoms with Crippen molar-refractivity contribution in [2.45, 2.75) is 46.6 Å². The molecule has 2 aromatic carbocycles. The molecule has 1 aliphatic rings. The first-order chi connectivity index (χ1) is 19.3.